The Morgan fingerprint density at radius 2 is 1.59 bits per heavy atom. The molecule has 0 aliphatic carbocycles. The minimum absolute atomic E-state index is 0.141. The smallest absolute Gasteiger partial charge is 0.254 e. The molecule has 0 spiro atoms. The molecule has 2 fully saturated rings. The number of fused-ring (bicyclic) bond motifs is 3. The largest absolute Gasteiger partial charge is 0.486 e. The fourth-order valence-corrected chi connectivity index (χ4v) is 4.94. The zero-order chi connectivity index (χ0) is 18.4. The summed E-state index contributed by atoms with van der Waals surface area (Å²) in [4.78, 5) is 15.4. The number of rotatable bonds is 2. The summed E-state index contributed by atoms with van der Waals surface area (Å²) >= 11 is 0. The van der Waals surface area contributed by atoms with Crippen molar-refractivity contribution in [2.24, 2.45) is 0 Å². The fourth-order valence-electron chi connectivity index (χ4n) is 4.94. The Morgan fingerprint density at radius 3 is 2.30 bits per heavy atom. The molecule has 1 amide bonds. The van der Waals surface area contributed by atoms with E-state index in [0.717, 1.165) is 31.4 Å². The van der Waals surface area contributed by atoms with E-state index in [4.69, 9.17) is 9.47 Å². The Bertz CT molecular complexity index is 846. The summed E-state index contributed by atoms with van der Waals surface area (Å²) in [5.41, 5.74) is 3.43. The molecule has 27 heavy (non-hydrogen) atoms. The molecule has 4 heteroatoms. The van der Waals surface area contributed by atoms with Gasteiger partial charge in [0, 0.05) is 17.6 Å². The molecule has 0 saturated carbocycles. The summed E-state index contributed by atoms with van der Waals surface area (Å²) in [6.07, 6.45) is 4.36. The van der Waals surface area contributed by atoms with E-state index in [0.29, 0.717) is 42.5 Å². The van der Waals surface area contributed by atoms with E-state index in [1.54, 1.807) is 0 Å². The number of carbonyl (C=O) groups excluding carboxylic acids is 1. The van der Waals surface area contributed by atoms with Gasteiger partial charge >= 0.3 is 0 Å². The molecule has 0 N–H and O–H groups in total. The van der Waals surface area contributed by atoms with Crippen molar-refractivity contribution in [3.8, 4) is 11.5 Å². The van der Waals surface area contributed by atoms with Gasteiger partial charge in [0.2, 0.25) is 0 Å². The van der Waals surface area contributed by atoms with Gasteiger partial charge in [-0.3, -0.25) is 4.79 Å². The number of nitrogens with zero attached hydrogens (tertiary/aromatic N) is 1. The van der Waals surface area contributed by atoms with E-state index in [1.807, 2.05) is 18.2 Å². The molecule has 2 aromatic carbocycles. The Labute approximate surface area is 160 Å². The van der Waals surface area contributed by atoms with Crippen LogP contribution in [0.5, 0.6) is 11.5 Å². The average Bonchev–Trinajstić information content (AvgIpc) is 2.97. The Kier molecular flexibility index (Phi) is 4.07. The van der Waals surface area contributed by atoms with Crippen LogP contribution in [0.4, 0.5) is 0 Å². The number of hydrogen-bond donors (Lipinski definition) is 0. The van der Waals surface area contributed by atoms with Crippen LogP contribution >= 0.6 is 0 Å². The molecule has 0 aromatic heterocycles. The summed E-state index contributed by atoms with van der Waals surface area (Å²) in [5, 5.41) is 0. The molecule has 3 aliphatic heterocycles. The van der Waals surface area contributed by atoms with Crippen LogP contribution in [0.3, 0.4) is 0 Å². The number of ether oxygens (including phenoxy) is 2. The van der Waals surface area contributed by atoms with Gasteiger partial charge in [-0.1, -0.05) is 29.8 Å². The van der Waals surface area contributed by atoms with Gasteiger partial charge in [0.15, 0.2) is 11.5 Å². The lowest BCUT2D eigenvalue weighted by Gasteiger charge is -2.39. The van der Waals surface area contributed by atoms with Crippen molar-refractivity contribution in [3.63, 3.8) is 0 Å². The van der Waals surface area contributed by atoms with Crippen LogP contribution < -0.4 is 9.47 Å². The van der Waals surface area contributed by atoms with E-state index in [2.05, 4.69) is 36.1 Å². The molecule has 2 bridgehead atoms. The van der Waals surface area contributed by atoms with Crippen LogP contribution in [0, 0.1) is 6.92 Å². The van der Waals surface area contributed by atoms with Crippen molar-refractivity contribution >= 4 is 5.91 Å². The van der Waals surface area contributed by atoms with Crippen LogP contribution in [-0.4, -0.2) is 36.1 Å². The maximum absolute atomic E-state index is 13.3. The van der Waals surface area contributed by atoms with Gasteiger partial charge in [-0.25, -0.2) is 0 Å². The number of benzene rings is 2. The van der Waals surface area contributed by atoms with Gasteiger partial charge in [0.25, 0.3) is 5.91 Å². The summed E-state index contributed by atoms with van der Waals surface area (Å²) < 4.78 is 11.2. The fraction of sp³-hybridized carbons (Fsp3) is 0.435. The first kappa shape index (κ1) is 16.7. The number of hydrogen-bond acceptors (Lipinski definition) is 3. The zero-order valence-corrected chi connectivity index (χ0v) is 15.7. The second kappa shape index (κ2) is 6.59. The summed E-state index contributed by atoms with van der Waals surface area (Å²) in [7, 11) is 0. The SMILES string of the molecule is Cc1ccc(C2CC3CCC(C2)N3C(=O)c2ccc3c(c2)OCCO3)cc1. The normalized spacial score (nSPS) is 26.1. The van der Waals surface area contributed by atoms with E-state index in [1.165, 1.54) is 11.1 Å². The second-order valence-electron chi connectivity index (χ2n) is 8.03. The van der Waals surface area contributed by atoms with Gasteiger partial charge in [-0.2, -0.15) is 0 Å². The molecule has 2 atom stereocenters. The van der Waals surface area contributed by atoms with E-state index >= 15 is 0 Å². The Morgan fingerprint density at radius 1 is 0.926 bits per heavy atom. The van der Waals surface area contributed by atoms with E-state index in [-0.39, 0.29) is 5.91 Å². The van der Waals surface area contributed by atoms with Gasteiger partial charge in [0.05, 0.1) is 0 Å². The molecule has 140 valence electrons. The van der Waals surface area contributed by atoms with E-state index < -0.39 is 0 Å². The van der Waals surface area contributed by atoms with Gasteiger partial charge in [-0.15, -0.1) is 0 Å². The lowest BCUT2D eigenvalue weighted by Crippen LogP contribution is -2.46. The van der Waals surface area contributed by atoms with Crippen molar-refractivity contribution in [2.75, 3.05) is 13.2 Å². The molecule has 3 aliphatic rings. The number of aryl methyl sites for hydroxylation is 1. The van der Waals surface area contributed by atoms with E-state index in [9.17, 15) is 4.79 Å². The molecular weight excluding hydrogens is 338 g/mol. The van der Waals surface area contributed by atoms with Crippen molar-refractivity contribution in [3.05, 3.63) is 59.2 Å². The minimum Gasteiger partial charge on any atom is -0.486 e. The molecule has 4 nitrogen and oxygen atoms in total. The Balaban J connectivity index is 1.36. The van der Waals surface area contributed by atoms with Crippen LogP contribution in [-0.2, 0) is 0 Å². The van der Waals surface area contributed by atoms with Crippen LogP contribution in [0.1, 0.15) is 53.1 Å². The lowest BCUT2D eigenvalue weighted by molar-refractivity contribution is 0.0570. The molecule has 2 unspecified atom stereocenters. The molecule has 3 heterocycles. The molecule has 0 radical (unpaired) electrons. The van der Waals surface area contributed by atoms with Crippen molar-refractivity contribution < 1.29 is 14.3 Å². The standard InChI is InChI=1S/C23H25NO3/c1-15-2-4-16(5-3-15)18-12-19-7-8-20(13-18)24(19)23(25)17-6-9-21-22(14-17)27-11-10-26-21/h2-6,9,14,18-20H,7-8,10-13H2,1H3. The number of carbonyl (C=O) groups is 1. The highest BCUT2D eigenvalue weighted by molar-refractivity contribution is 5.95. The third-order valence-electron chi connectivity index (χ3n) is 6.31. The molecular formula is C23H25NO3. The maximum Gasteiger partial charge on any atom is 0.254 e. The van der Waals surface area contributed by atoms with Crippen LogP contribution in [0.15, 0.2) is 42.5 Å². The molecule has 5 rings (SSSR count). The average molecular weight is 363 g/mol. The summed E-state index contributed by atoms with van der Waals surface area (Å²) in [6, 6.07) is 15.2. The molecule has 2 aromatic rings. The van der Waals surface area contributed by atoms with Crippen LogP contribution in [0.25, 0.3) is 0 Å². The first-order chi connectivity index (χ1) is 13.2. The predicted octanol–water partition coefficient (Wildman–Crippen LogP) is 4.32. The van der Waals surface area contributed by atoms with Crippen LogP contribution in [0.2, 0.25) is 0 Å². The summed E-state index contributed by atoms with van der Waals surface area (Å²) in [5.74, 6) is 2.13. The quantitative estimate of drug-likeness (QED) is 0.798. The van der Waals surface area contributed by atoms with Crippen molar-refractivity contribution in [1.82, 2.24) is 4.90 Å². The summed E-state index contributed by atoms with van der Waals surface area (Å²) in [6.45, 7) is 3.23. The lowest BCUT2D eigenvalue weighted by atomic mass is 9.84. The highest BCUT2D eigenvalue weighted by atomic mass is 16.6. The third kappa shape index (κ3) is 2.97. The first-order valence-electron chi connectivity index (χ1n) is 9.98. The van der Waals surface area contributed by atoms with Crippen molar-refractivity contribution in [1.29, 1.82) is 0 Å². The molecule has 2 saturated heterocycles. The number of piperidine rings is 1. The minimum atomic E-state index is 0.141. The maximum atomic E-state index is 13.3. The highest BCUT2D eigenvalue weighted by Gasteiger charge is 2.43. The van der Waals surface area contributed by atoms with Gasteiger partial charge < -0.3 is 14.4 Å². The predicted molar refractivity (Wildman–Crippen MR) is 104 cm³/mol. The highest BCUT2D eigenvalue weighted by Crippen LogP contribution is 2.44. The Hall–Kier alpha value is -2.49. The monoisotopic (exact) mass is 363 g/mol. The van der Waals surface area contributed by atoms with Gasteiger partial charge in [0.1, 0.15) is 13.2 Å². The van der Waals surface area contributed by atoms with Gasteiger partial charge in [-0.05, 0) is 62.3 Å². The topological polar surface area (TPSA) is 38.8 Å². The second-order valence-corrected chi connectivity index (χ2v) is 8.03. The van der Waals surface area contributed by atoms with Crippen molar-refractivity contribution in [2.45, 2.75) is 50.6 Å². The zero-order valence-electron chi connectivity index (χ0n) is 15.7. The first-order valence-corrected chi connectivity index (χ1v) is 9.98. The third-order valence-corrected chi connectivity index (χ3v) is 6.31. The number of amides is 1.